The van der Waals surface area contributed by atoms with Crippen molar-refractivity contribution in [2.45, 2.75) is 20.4 Å². The van der Waals surface area contributed by atoms with E-state index in [0.29, 0.717) is 5.92 Å². The third-order valence-corrected chi connectivity index (χ3v) is 2.89. The van der Waals surface area contributed by atoms with Gasteiger partial charge in [-0.3, -0.25) is 0 Å². The maximum absolute atomic E-state index is 5.82. The first-order valence-electron chi connectivity index (χ1n) is 6.95. The van der Waals surface area contributed by atoms with Crippen LogP contribution in [0.2, 0.25) is 0 Å². The summed E-state index contributed by atoms with van der Waals surface area (Å²) >= 11 is 0. The minimum Gasteiger partial charge on any atom is -0.491 e. The van der Waals surface area contributed by atoms with Gasteiger partial charge < -0.3 is 15.8 Å². The van der Waals surface area contributed by atoms with Crippen molar-refractivity contribution in [2.75, 3.05) is 17.7 Å². The van der Waals surface area contributed by atoms with Crippen LogP contribution in [-0.4, -0.2) is 6.61 Å². The van der Waals surface area contributed by atoms with Gasteiger partial charge in [0.15, 0.2) is 0 Å². The predicted molar refractivity (Wildman–Crippen MR) is 85.0 cm³/mol. The van der Waals surface area contributed by atoms with Gasteiger partial charge in [0.1, 0.15) is 5.75 Å². The Labute approximate surface area is 120 Å². The standard InChI is InChI=1S/C17H22N2O/c1-13(2)12-20-17-9-4-3-8-16(17)19-11-14-6-5-7-15(18)10-14/h3-10,13,19H,11-12,18H2,1-2H3. The molecule has 2 aromatic carbocycles. The number of hydrogen-bond acceptors (Lipinski definition) is 3. The molecule has 3 N–H and O–H groups in total. The number of para-hydroxylation sites is 2. The summed E-state index contributed by atoms with van der Waals surface area (Å²) in [4.78, 5) is 0. The summed E-state index contributed by atoms with van der Waals surface area (Å²) in [6, 6.07) is 15.9. The molecular formula is C17H22N2O. The third-order valence-electron chi connectivity index (χ3n) is 2.89. The minimum absolute atomic E-state index is 0.511. The zero-order chi connectivity index (χ0) is 14.4. The molecule has 0 saturated heterocycles. The number of nitrogens with two attached hydrogens (primary N) is 1. The number of ether oxygens (including phenoxy) is 1. The van der Waals surface area contributed by atoms with Crippen LogP contribution in [0.1, 0.15) is 19.4 Å². The Morgan fingerprint density at radius 2 is 1.90 bits per heavy atom. The second kappa shape index (κ2) is 6.85. The van der Waals surface area contributed by atoms with Crippen LogP contribution >= 0.6 is 0 Å². The van der Waals surface area contributed by atoms with E-state index in [9.17, 15) is 0 Å². The smallest absolute Gasteiger partial charge is 0.142 e. The fraction of sp³-hybridized carbons (Fsp3) is 0.294. The predicted octanol–water partition coefficient (Wildman–Crippen LogP) is 3.92. The summed E-state index contributed by atoms with van der Waals surface area (Å²) in [5.41, 5.74) is 8.74. The van der Waals surface area contributed by atoms with Crippen LogP contribution in [-0.2, 0) is 6.54 Å². The first-order chi connectivity index (χ1) is 9.65. The number of rotatable bonds is 6. The quantitative estimate of drug-likeness (QED) is 0.782. The van der Waals surface area contributed by atoms with Crippen LogP contribution in [0.5, 0.6) is 5.75 Å². The Morgan fingerprint density at radius 1 is 1.10 bits per heavy atom. The summed E-state index contributed by atoms with van der Waals surface area (Å²) in [6.07, 6.45) is 0. The second-order valence-electron chi connectivity index (χ2n) is 5.30. The SMILES string of the molecule is CC(C)COc1ccccc1NCc1cccc(N)c1. The molecule has 0 aromatic heterocycles. The highest BCUT2D eigenvalue weighted by Gasteiger charge is 2.04. The topological polar surface area (TPSA) is 47.3 Å². The molecule has 3 heteroatoms. The average molecular weight is 270 g/mol. The van der Waals surface area contributed by atoms with Gasteiger partial charge in [0, 0.05) is 12.2 Å². The molecule has 20 heavy (non-hydrogen) atoms. The Kier molecular flexibility index (Phi) is 4.88. The third kappa shape index (κ3) is 4.19. The molecular weight excluding hydrogens is 248 g/mol. The fourth-order valence-electron chi connectivity index (χ4n) is 1.90. The summed E-state index contributed by atoms with van der Waals surface area (Å²) < 4.78 is 5.82. The summed E-state index contributed by atoms with van der Waals surface area (Å²) in [5, 5.41) is 3.40. The molecule has 0 aliphatic carbocycles. The highest BCUT2D eigenvalue weighted by Crippen LogP contribution is 2.25. The molecule has 0 aliphatic heterocycles. The second-order valence-corrected chi connectivity index (χ2v) is 5.30. The number of nitrogen functional groups attached to an aromatic ring is 1. The number of anilines is 2. The van der Waals surface area contributed by atoms with E-state index in [1.54, 1.807) is 0 Å². The van der Waals surface area contributed by atoms with Gasteiger partial charge in [0.25, 0.3) is 0 Å². The van der Waals surface area contributed by atoms with Gasteiger partial charge in [-0.15, -0.1) is 0 Å². The first-order valence-corrected chi connectivity index (χ1v) is 6.95. The Morgan fingerprint density at radius 3 is 2.65 bits per heavy atom. The summed E-state index contributed by atoms with van der Waals surface area (Å²) in [6.45, 7) is 5.73. The van der Waals surface area contributed by atoms with Crippen LogP contribution in [0.15, 0.2) is 48.5 Å². The zero-order valence-electron chi connectivity index (χ0n) is 12.1. The summed E-state index contributed by atoms with van der Waals surface area (Å²) in [5.74, 6) is 1.40. The lowest BCUT2D eigenvalue weighted by Gasteiger charge is -2.14. The van der Waals surface area contributed by atoms with E-state index < -0.39 is 0 Å². The van der Waals surface area contributed by atoms with Crippen LogP contribution in [0.4, 0.5) is 11.4 Å². The van der Waals surface area contributed by atoms with E-state index in [1.165, 1.54) is 0 Å². The van der Waals surface area contributed by atoms with Crippen molar-refractivity contribution in [3.63, 3.8) is 0 Å². The molecule has 106 valence electrons. The fourth-order valence-corrected chi connectivity index (χ4v) is 1.90. The first kappa shape index (κ1) is 14.3. The molecule has 0 atom stereocenters. The highest BCUT2D eigenvalue weighted by atomic mass is 16.5. The largest absolute Gasteiger partial charge is 0.491 e. The van der Waals surface area contributed by atoms with Crippen LogP contribution in [0.25, 0.3) is 0 Å². The van der Waals surface area contributed by atoms with Gasteiger partial charge in [0.2, 0.25) is 0 Å². The lowest BCUT2D eigenvalue weighted by molar-refractivity contribution is 0.272. The van der Waals surface area contributed by atoms with Crippen LogP contribution in [0.3, 0.4) is 0 Å². The monoisotopic (exact) mass is 270 g/mol. The Bertz CT molecular complexity index is 552. The molecule has 0 radical (unpaired) electrons. The molecule has 0 heterocycles. The van der Waals surface area contributed by atoms with Gasteiger partial charge in [-0.1, -0.05) is 38.1 Å². The van der Waals surface area contributed by atoms with E-state index in [2.05, 4.69) is 25.2 Å². The molecule has 2 aromatic rings. The molecule has 0 spiro atoms. The molecule has 0 unspecified atom stereocenters. The molecule has 0 bridgehead atoms. The van der Waals surface area contributed by atoms with Crippen molar-refractivity contribution < 1.29 is 4.74 Å². The Balaban J connectivity index is 2.02. The van der Waals surface area contributed by atoms with Crippen molar-refractivity contribution in [3.8, 4) is 5.75 Å². The van der Waals surface area contributed by atoms with E-state index in [0.717, 1.165) is 35.8 Å². The number of nitrogens with one attached hydrogen (secondary N) is 1. The molecule has 0 amide bonds. The van der Waals surface area contributed by atoms with Crippen LogP contribution in [0, 0.1) is 5.92 Å². The molecule has 0 saturated carbocycles. The zero-order valence-corrected chi connectivity index (χ0v) is 12.1. The number of hydrogen-bond donors (Lipinski definition) is 2. The van der Waals surface area contributed by atoms with Crippen molar-refractivity contribution in [3.05, 3.63) is 54.1 Å². The maximum atomic E-state index is 5.82. The van der Waals surface area contributed by atoms with Crippen molar-refractivity contribution in [2.24, 2.45) is 5.92 Å². The van der Waals surface area contributed by atoms with E-state index in [1.807, 2.05) is 42.5 Å². The van der Waals surface area contributed by atoms with Crippen LogP contribution < -0.4 is 15.8 Å². The summed E-state index contributed by atoms with van der Waals surface area (Å²) in [7, 11) is 0. The minimum atomic E-state index is 0.511. The lowest BCUT2D eigenvalue weighted by Crippen LogP contribution is -2.07. The van der Waals surface area contributed by atoms with Gasteiger partial charge in [-0.25, -0.2) is 0 Å². The van der Waals surface area contributed by atoms with Crippen molar-refractivity contribution >= 4 is 11.4 Å². The molecule has 3 nitrogen and oxygen atoms in total. The Hall–Kier alpha value is -2.16. The average Bonchev–Trinajstić information content (AvgIpc) is 2.44. The van der Waals surface area contributed by atoms with E-state index in [4.69, 9.17) is 10.5 Å². The molecule has 0 aliphatic rings. The normalized spacial score (nSPS) is 10.6. The molecule has 0 fully saturated rings. The van der Waals surface area contributed by atoms with Gasteiger partial charge in [0.05, 0.1) is 12.3 Å². The van der Waals surface area contributed by atoms with Crippen molar-refractivity contribution in [1.82, 2.24) is 0 Å². The van der Waals surface area contributed by atoms with E-state index >= 15 is 0 Å². The molecule has 2 rings (SSSR count). The van der Waals surface area contributed by atoms with Gasteiger partial charge >= 0.3 is 0 Å². The highest BCUT2D eigenvalue weighted by molar-refractivity contribution is 5.56. The van der Waals surface area contributed by atoms with E-state index in [-0.39, 0.29) is 0 Å². The van der Waals surface area contributed by atoms with Gasteiger partial charge in [-0.2, -0.15) is 0 Å². The number of benzene rings is 2. The van der Waals surface area contributed by atoms with Gasteiger partial charge in [-0.05, 0) is 35.7 Å². The van der Waals surface area contributed by atoms with Crippen molar-refractivity contribution in [1.29, 1.82) is 0 Å². The lowest BCUT2D eigenvalue weighted by atomic mass is 10.2. The maximum Gasteiger partial charge on any atom is 0.142 e.